The molecule has 0 aromatic rings. The molecule has 0 fully saturated rings. The molecule has 0 heterocycles. The van der Waals surface area contributed by atoms with Crippen molar-refractivity contribution in [3.63, 3.8) is 0 Å². The number of phosphoric acid groups is 2. The van der Waals surface area contributed by atoms with Crippen LogP contribution in [0.4, 0.5) is 0 Å². The van der Waals surface area contributed by atoms with Crippen molar-refractivity contribution >= 4 is 33.6 Å². The number of hydrogen-bond acceptors (Lipinski definition) is 14. The van der Waals surface area contributed by atoms with Gasteiger partial charge in [0.1, 0.15) is 25.4 Å². The molecule has 5 unspecified atom stereocenters. The Hall–Kier alpha value is -3.79. The van der Waals surface area contributed by atoms with Crippen molar-refractivity contribution in [2.45, 2.75) is 386 Å². The molecule has 4 N–H and O–H groups in total. The number of rotatable bonds is 80. The molecule has 0 rings (SSSR count). The monoisotopic (exact) mass is 1520 g/mol. The summed E-state index contributed by atoms with van der Waals surface area (Å²) in [5.41, 5.74) is 0. The minimum Gasteiger partial charge on any atom is -0.463 e. The predicted octanol–water partition coefficient (Wildman–Crippen LogP) is 25.1. The summed E-state index contributed by atoms with van der Waals surface area (Å²) >= 11 is 0. The lowest BCUT2D eigenvalue weighted by Crippen LogP contribution is -2.30. The van der Waals surface area contributed by atoms with E-state index in [1.54, 1.807) is 0 Å². The van der Waals surface area contributed by atoms with Gasteiger partial charge in [0.05, 0.1) is 26.4 Å². The van der Waals surface area contributed by atoms with E-state index < -0.39 is 91.5 Å². The number of allylic oxidation sites excluding steroid dienone is 18. The average molecular weight is 1520 g/mol. The number of aliphatic hydroxyl groups is 2. The highest BCUT2D eigenvalue weighted by molar-refractivity contribution is 7.47. The van der Waals surface area contributed by atoms with Gasteiger partial charge < -0.3 is 34.2 Å². The zero-order chi connectivity index (χ0) is 76.6. The molecule has 0 amide bonds. The number of unbranched alkanes of at least 4 members (excludes halogenated alkanes) is 39. The van der Waals surface area contributed by atoms with E-state index in [0.717, 1.165) is 141 Å². The molecule has 105 heavy (non-hydrogen) atoms. The van der Waals surface area contributed by atoms with Crippen LogP contribution >= 0.6 is 15.6 Å². The van der Waals surface area contributed by atoms with Crippen molar-refractivity contribution in [3.8, 4) is 0 Å². The van der Waals surface area contributed by atoms with Crippen LogP contribution in [0.3, 0.4) is 0 Å². The molecule has 0 aromatic heterocycles. The zero-order valence-corrected chi connectivity index (χ0v) is 68.4. The Morgan fingerprint density at radius 1 is 0.276 bits per heavy atom. The van der Waals surface area contributed by atoms with Crippen LogP contribution in [0.25, 0.3) is 0 Å². The zero-order valence-electron chi connectivity index (χ0n) is 66.6. The maximum atomic E-state index is 13.0. The van der Waals surface area contributed by atoms with Gasteiger partial charge in [-0.3, -0.25) is 32.5 Å². The van der Waals surface area contributed by atoms with Gasteiger partial charge in [0.15, 0.2) is 6.10 Å². The van der Waals surface area contributed by atoms with E-state index in [1.165, 1.54) is 167 Å². The highest BCUT2D eigenvalue weighted by Crippen LogP contribution is 2.45. The summed E-state index contributed by atoms with van der Waals surface area (Å²) in [6.07, 6.45) is 94.2. The first-order valence-electron chi connectivity index (χ1n) is 42.2. The summed E-state index contributed by atoms with van der Waals surface area (Å²) in [5.74, 6) is -1.57. The molecule has 0 saturated carbocycles. The first-order chi connectivity index (χ1) is 51.2. The molecule has 0 aromatic carbocycles. The third-order valence-corrected chi connectivity index (χ3v) is 19.9. The summed E-state index contributed by atoms with van der Waals surface area (Å²) in [4.78, 5) is 58.7. The van der Waals surface area contributed by atoms with Crippen LogP contribution in [0, 0.1) is 0 Å². The number of aliphatic hydroxyl groups excluding tert-OH is 2. The lowest BCUT2D eigenvalue weighted by molar-refractivity contribution is -0.161. The van der Waals surface area contributed by atoms with Crippen molar-refractivity contribution in [2.75, 3.05) is 39.6 Å². The Kier molecular flexibility index (Phi) is 76.9. The SMILES string of the molecule is CC/C=C\C/C=C\C/C=C\C/C=C\C/C=C\CCCCCCCCCC(=O)OCC(COP(=O)(O)OCC(O)COP(=O)(O)OCC(O)COC(=O)CCCCCCCCCCCCCCCCC/C=C\C/C=C\C/C=C\C/C=C\CCCCC)OC(=O)CCCCCCCCCCCCCCCCC. The quantitative estimate of drug-likeness (QED) is 0.0146. The van der Waals surface area contributed by atoms with Crippen molar-refractivity contribution in [3.05, 3.63) is 109 Å². The fourth-order valence-electron chi connectivity index (χ4n) is 11.6. The lowest BCUT2D eigenvalue weighted by atomic mass is 10.0. The van der Waals surface area contributed by atoms with Crippen LogP contribution in [-0.2, 0) is 55.8 Å². The summed E-state index contributed by atoms with van der Waals surface area (Å²) < 4.78 is 61.3. The third kappa shape index (κ3) is 81.0. The van der Waals surface area contributed by atoms with E-state index in [0.29, 0.717) is 19.3 Å². The number of hydrogen-bond donors (Lipinski definition) is 4. The maximum absolute atomic E-state index is 13.0. The van der Waals surface area contributed by atoms with E-state index >= 15 is 0 Å². The molecule has 0 saturated heterocycles. The van der Waals surface area contributed by atoms with Gasteiger partial charge in [-0.15, -0.1) is 0 Å². The topological polar surface area (TPSA) is 231 Å². The minimum atomic E-state index is -4.93. The fourth-order valence-corrected chi connectivity index (χ4v) is 13.2. The second-order valence-corrected chi connectivity index (χ2v) is 31.2. The number of carbonyl (C=O) groups is 3. The standard InChI is InChI=1S/C87H154O16P2/c1-4-7-10-13-16-19-22-25-28-30-32-34-36-37-38-39-40-41-42-43-45-47-48-50-53-55-58-61-64-67-70-73-85(90)97-76-82(88)77-99-104(93,94)100-78-83(89)79-101-105(95,96)102-81-84(103-87(92)75-72-69-66-63-60-57-52-27-24-21-18-15-12-9-6-3)80-98-86(91)74-71-68-65-62-59-56-54-51-49-46-44-35-33-31-29-26-23-20-17-14-11-8-5-2/h8,11,16-17,19-20,25-26,28-29,32-35,37-38,46,49,82-84,88-89H,4-7,9-10,12-15,18,21-24,27,30-31,36,39-45,47-48,50-81H2,1-3H3,(H,93,94)(H,95,96)/b11-8-,19-16-,20-17-,28-25-,29-26-,34-32-,35-33-,38-37-,49-46-. The maximum Gasteiger partial charge on any atom is 0.472 e. The Morgan fingerprint density at radius 3 is 0.819 bits per heavy atom. The van der Waals surface area contributed by atoms with Gasteiger partial charge in [-0.05, 0) is 109 Å². The van der Waals surface area contributed by atoms with Crippen LogP contribution in [0.5, 0.6) is 0 Å². The second kappa shape index (κ2) is 79.8. The highest BCUT2D eigenvalue weighted by Gasteiger charge is 2.29. The van der Waals surface area contributed by atoms with E-state index in [-0.39, 0.29) is 19.3 Å². The molecule has 0 bridgehead atoms. The first-order valence-corrected chi connectivity index (χ1v) is 45.2. The molecule has 0 aliphatic heterocycles. The van der Waals surface area contributed by atoms with Gasteiger partial charge in [-0.1, -0.05) is 348 Å². The van der Waals surface area contributed by atoms with Crippen molar-refractivity contribution in [1.82, 2.24) is 0 Å². The van der Waals surface area contributed by atoms with Gasteiger partial charge in [0.25, 0.3) is 0 Å². The van der Waals surface area contributed by atoms with Crippen molar-refractivity contribution in [1.29, 1.82) is 0 Å². The van der Waals surface area contributed by atoms with Gasteiger partial charge in [0, 0.05) is 19.3 Å². The van der Waals surface area contributed by atoms with E-state index in [1.807, 2.05) is 0 Å². The van der Waals surface area contributed by atoms with E-state index in [9.17, 15) is 43.5 Å². The van der Waals surface area contributed by atoms with E-state index in [4.69, 9.17) is 32.3 Å². The van der Waals surface area contributed by atoms with Crippen LogP contribution in [0.2, 0.25) is 0 Å². The Morgan fingerprint density at radius 2 is 0.505 bits per heavy atom. The molecular weight excluding hydrogens is 1360 g/mol. The van der Waals surface area contributed by atoms with Gasteiger partial charge >= 0.3 is 33.6 Å². The number of carbonyl (C=O) groups excluding carboxylic acids is 3. The lowest BCUT2D eigenvalue weighted by Gasteiger charge is -2.21. The summed E-state index contributed by atoms with van der Waals surface area (Å²) in [5, 5.41) is 20.7. The summed E-state index contributed by atoms with van der Waals surface area (Å²) in [6, 6.07) is 0. The van der Waals surface area contributed by atoms with Crippen LogP contribution in [0.1, 0.15) is 367 Å². The van der Waals surface area contributed by atoms with Crippen LogP contribution < -0.4 is 0 Å². The molecule has 608 valence electrons. The minimum absolute atomic E-state index is 0.105. The molecule has 0 radical (unpaired) electrons. The van der Waals surface area contributed by atoms with Gasteiger partial charge in [-0.25, -0.2) is 9.13 Å². The molecule has 5 atom stereocenters. The average Bonchev–Trinajstić information content (AvgIpc) is 0.920. The Balaban J connectivity index is 4.49. The molecule has 0 aliphatic rings. The molecule has 0 aliphatic carbocycles. The summed E-state index contributed by atoms with van der Waals surface area (Å²) in [7, 11) is -9.79. The summed E-state index contributed by atoms with van der Waals surface area (Å²) in [6.45, 7) is 2.58. The third-order valence-electron chi connectivity index (χ3n) is 18.0. The van der Waals surface area contributed by atoms with Gasteiger partial charge in [-0.2, -0.15) is 0 Å². The molecule has 0 spiro atoms. The van der Waals surface area contributed by atoms with Gasteiger partial charge in [0.2, 0.25) is 0 Å². The normalized spacial score (nSPS) is 14.5. The van der Waals surface area contributed by atoms with Crippen molar-refractivity contribution < 1.29 is 75.8 Å². The molecule has 18 heteroatoms. The molecule has 16 nitrogen and oxygen atoms in total. The highest BCUT2D eigenvalue weighted by atomic mass is 31.2. The number of phosphoric ester groups is 2. The smallest absolute Gasteiger partial charge is 0.463 e. The number of esters is 3. The number of ether oxygens (including phenoxy) is 3. The fraction of sp³-hybridized carbons (Fsp3) is 0.759. The predicted molar refractivity (Wildman–Crippen MR) is 436 cm³/mol. The molecular formula is C87H154O16P2. The van der Waals surface area contributed by atoms with Crippen molar-refractivity contribution in [2.24, 2.45) is 0 Å². The van der Waals surface area contributed by atoms with E-state index in [2.05, 4.69) is 130 Å². The largest absolute Gasteiger partial charge is 0.472 e. The Bertz CT molecular complexity index is 2340. The Labute approximate surface area is 640 Å². The first kappa shape index (κ1) is 101. The van der Waals surface area contributed by atoms with Crippen LogP contribution in [0.15, 0.2) is 109 Å². The van der Waals surface area contributed by atoms with Crippen LogP contribution in [-0.4, -0.2) is 95.9 Å². The second-order valence-electron chi connectivity index (χ2n) is 28.3.